The Balaban J connectivity index is 1.31. The smallest absolute Gasteiger partial charge is 0.158 e. The Morgan fingerprint density at radius 3 is 2.03 bits per heavy atom. The van der Waals surface area contributed by atoms with Gasteiger partial charge in [0, 0.05) is 22.0 Å². The second-order valence-corrected chi connectivity index (χ2v) is 11.1. The summed E-state index contributed by atoms with van der Waals surface area (Å²) in [6, 6.07) is 41.0. The number of para-hydroxylation sites is 1. The highest BCUT2D eigenvalue weighted by Gasteiger charge is 2.23. The topological polar surface area (TPSA) is 25.2 Å². The molecule has 0 aliphatic rings. The summed E-state index contributed by atoms with van der Waals surface area (Å²) in [7, 11) is 0. The fourth-order valence-electron chi connectivity index (χ4n) is 5.57. The number of anilines is 2. The lowest BCUT2D eigenvalue weighted by molar-refractivity contribution is 0.574. The van der Waals surface area contributed by atoms with E-state index in [1.54, 1.807) is 0 Å². The molecule has 0 radical (unpaired) electrons. The predicted molar refractivity (Wildman–Crippen MR) is 163 cm³/mol. The Bertz CT molecular complexity index is 1970. The zero-order valence-corrected chi connectivity index (χ0v) is 21.9. The minimum Gasteiger partial charge on any atom is -0.454 e. The van der Waals surface area contributed by atoms with E-state index >= 15 is 0 Å². The molecule has 0 unspecified atom stereocenters. The number of hydrogen-bond donors (Lipinski definition) is 1. The molecule has 0 fully saturated rings. The highest BCUT2D eigenvalue weighted by atomic mass is 16.3. The average molecular weight is 492 g/mol. The molecular formula is C36H29NO. The van der Waals surface area contributed by atoms with Crippen molar-refractivity contribution in [3.05, 3.63) is 121 Å². The van der Waals surface area contributed by atoms with Gasteiger partial charge in [0.1, 0.15) is 5.58 Å². The first-order valence-electron chi connectivity index (χ1n) is 13.2. The van der Waals surface area contributed by atoms with Crippen LogP contribution in [0, 0.1) is 0 Å². The molecule has 0 amide bonds. The van der Waals surface area contributed by atoms with Gasteiger partial charge in [0.25, 0.3) is 0 Å². The molecule has 0 saturated heterocycles. The van der Waals surface area contributed by atoms with E-state index in [1.807, 2.05) is 0 Å². The summed E-state index contributed by atoms with van der Waals surface area (Å²) in [6.45, 7) is 6.75. The number of benzene rings is 6. The molecular weight excluding hydrogens is 462 g/mol. The zero-order valence-electron chi connectivity index (χ0n) is 21.9. The maximum atomic E-state index is 6.69. The summed E-state index contributed by atoms with van der Waals surface area (Å²) in [5.74, 6) is 0. The molecule has 0 bridgehead atoms. The van der Waals surface area contributed by atoms with E-state index in [1.165, 1.54) is 43.6 Å². The molecule has 0 spiro atoms. The van der Waals surface area contributed by atoms with E-state index in [2.05, 4.69) is 141 Å². The zero-order chi connectivity index (χ0) is 25.9. The van der Waals surface area contributed by atoms with Crippen molar-refractivity contribution in [3.8, 4) is 11.1 Å². The molecule has 0 aliphatic heterocycles. The van der Waals surface area contributed by atoms with E-state index < -0.39 is 0 Å². The van der Waals surface area contributed by atoms with Gasteiger partial charge < -0.3 is 9.73 Å². The van der Waals surface area contributed by atoms with Gasteiger partial charge in [0.05, 0.1) is 5.69 Å². The maximum absolute atomic E-state index is 6.69. The number of fused-ring (bicyclic) bond motifs is 6. The molecule has 1 heterocycles. The van der Waals surface area contributed by atoms with Crippen LogP contribution >= 0.6 is 0 Å². The van der Waals surface area contributed by atoms with Crippen molar-refractivity contribution >= 4 is 54.9 Å². The van der Waals surface area contributed by atoms with Crippen LogP contribution in [0.5, 0.6) is 0 Å². The van der Waals surface area contributed by atoms with Crippen LogP contribution in [0.2, 0.25) is 0 Å². The molecule has 38 heavy (non-hydrogen) atoms. The number of hydrogen-bond acceptors (Lipinski definition) is 2. The third-order valence-corrected chi connectivity index (χ3v) is 7.54. The van der Waals surface area contributed by atoms with E-state index in [9.17, 15) is 0 Å². The van der Waals surface area contributed by atoms with Gasteiger partial charge in [0.15, 0.2) is 5.58 Å². The van der Waals surface area contributed by atoms with Gasteiger partial charge in [0.2, 0.25) is 0 Å². The fraction of sp³-hybridized carbons (Fsp3) is 0.111. The summed E-state index contributed by atoms with van der Waals surface area (Å²) in [5.41, 5.74) is 7.48. The molecule has 6 aromatic carbocycles. The summed E-state index contributed by atoms with van der Waals surface area (Å²) in [4.78, 5) is 0. The third kappa shape index (κ3) is 3.72. The highest BCUT2D eigenvalue weighted by Crippen LogP contribution is 2.43. The van der Waals surface area contributed by atoms with Crippen molar-refractivity contribution in [1.82, 2.24) is 0 Å². The summed E-state index contributed by atoms with van der Waals surface area (Å²) < 4.78 is 6.69. The lowest BCUT2D eigenvalue weighted by Gasteiger charge is -2.20. The summed E-state index contributed by atoms with van der Waals surface area (Å²) >= 11 is 0. The van der Waals surface area contributed by atoms with Gasteiger partial charge in [-0.3, -0.25) is 0 Å². The van der Waals surface area contributed by atoms with Crippen LogP contribution in [0.15, 0.2) is 120 Å². The van der Waals surface area contributed by atoms with Crippen LogP contribution in [0.25, 0.3) is 54.6 Å². The van der Waals surface area contributed by atoms with Crippen LogP contribution < -0.4 is 5.32 Å². The van der Waals surface area contributed by atoms with Crippen LogP contribution in [-0.2, 0) is 5.41 Å². The number of nitrogens with one attached hydrogen (secondary N) is 1. The molecule has 7 aromatic rings. The average Bonchev–Trinajstić information content (AvgIpc) is 3.33. The Labute approximate surface area is 222 Å². The normalized spacial score (nSPS) is 12.1. The van der Waals surface area contributed by atoms with Crippen LogP contribution in [0.4, 0.5) is 11.4 Å². The lowest BCUT2D eigenvalue weighted by atomic mass is 9.84. The quantitative estimate of drug-likeness (QED) is 0.266. The summed E-state index contributed by atoms with van der Waals surface area (Å²) in [6.07, 6.45) is 0. The second-order valence-electron chi connectivity index (χ2n) is 11.1. The standard InChI is InChI=1S/C36H29NO/c1-36(2,3)31-22-27-11-6-7-12-29(27)33-30-13-8-14-32(34(30)38-35(31)33)37-28-19-17-24(18-20-28)26-16-15-23-9-4-5-10-25(23)21-26/h4-22,37H,1-3H3. The molecule has 0 atom stereocenters. The lowest BCUT2D eigenvalue weighted by Crippen LogP contribution is -2.11. The SMILES string of the molecule is CC(C)(C)c1cc2ccccc2c2c1oc1c(Nc3ccc(-c4ccc5ccccc5c4)cc3)cccc12. The Kier molecular flexibility index (Phi) is 5.06. The fourth-order valence-corrected chi connectivity index (χ4v) is 5.57. The van der Waals surface area contributed by atoms with Crippen molar-refractivity contribution in [3.63, 3.8) is 0 Å². The van der Waals surface area contributed by atoms with Crippen LogP contribution in [-0.4, -0.2) is 0 Å². The molecule has 0 aliphatic carbocycles. The van der Waals surface area contributed by atoms with E-state index in [0.29, 0.717) is 0 Å². The van der Waals surface area contributed by atoms with E-state index in [4.69, 9.17) is 4.42 Å². The molecule has 7 rings (SSSR count). The van der Waals surface area contributed by atoms with Crippen molar-refractivity contribution < 1.29 is 4.42 Å². The van der Waals surface area contributed by atoms with Crippen molar-refractivity contribution in [2.45, 2.75) is 26.2 Å². The van der Waals surface area contributed by atoms with Gasteiger partial charge in [-0.2, -0.15) is 0 Å². The molecule has 2 heteroatoms. The number of rotatable bonds is 3. The van der Waals surface area contributed by atoms with Gasteiger partial charge in [-0.15, -0.1) is 0 Å². The Hall–Kier alpha value is -4.56. The van der Waals surface area contributed by atoms with Crippen molar-refractivity contribution in [2.24, 2.45) is 0 Å². The maximum Gasteiger partial charge on any atom is 0.158 e. The Morgan fingerprint density at radius 1 is 0.553 bits per heavy atom. The van der Waals surface area contributed by atoms with Crippen LogP contribution in [0.1, 0.15) is 26.3 Å². The molecule has 2 nitrogen and oxygen atoms in total. The van der Waals surface area contributed by atoms with Gasteiger partial charge in [-0.1, -0.05) is 106 Å². The molecule has 0 saturated carbocycles. The molecule has 184 valence electrons. The second kappa shape index (κ2) is 8.49. The monoisotopic (exact) mass is 491 g/mol. The first-order chi connectivity index (χ1) is 18.5. The van der Waals surface area contributed by atoms with Crippen molar-refractivity contribution in [1.29, 1.82) is 0 Å². The van der Waals surface area contributed by atoms with Gasteiger partial charge in [-0.05, 0) is 68.4 Å². The largest absolute Gasteiger partial charge is 0.454 e. The first kappa shape index (κ1) is 22.6. The molecule has 1 aromatic heterocycles. The number of furan rings is 1. The highest BCUT2D eigenvalue weighted by molar-refractivity contribution is 6.21. The van der Waals surface area contributed by atoms with Crippen molar-refractivity contribution in [2.75, 3.05) is 5.32 Å². The Morgan fingerprint density at radius 2 is 1.24 bits per heavy atom. The van der Waals surface area contributed by atoms with E-state index in [-0.39, 0.29) is 5.41 Å². The van der Waals surface area contributed by atoms with Gasteiger partial charge in [-0.25, -0.2) is 0 Å². The minimum absolute atomic E-state index is 0.0393. The summed E-state index contributed by atoms with van der Waals surface area (Å²) in [5, 5.41) is 10.9. The predicted octanol–water partition coefficient (Wildman–Crippen LogP) is 10.6. The third-order valence-electron chi connectivity index (χ3n) is 7.54. The molecule has 1 N–H and O–H groups in total. The first-order valence-corrected chi connectivity index (χ1v) is 13.2. The van der Waals surface area contributed by atoms with Crippen LogP contribution in [0.3, 0.4) is 0 Å². The minimum atomic E-state index is -0.0393. The van der Waals surface area contributed by atoms with E-state index in [0.717, 1.165) is 27.9 Å². The van der Waals surface area contributed by atoms with Gasteiger partial charge >= 0.3 is 0 Å².